The molecule has 0 heterocycles. The predicted octanol–water partition coefficient (Wildman–Crippen LogP) is -1.12. The molecule has 0 saturated heterocycles. The summed E-state index contributed by atoms with van der Waals surface area (Å²) in [5, 5.41) is 2.52. The first kappa shape index (κ1) is 12.4. The monoisotopic (exact) mass is 208 g/mol. The second kappa shape index (κ2) is 5.18. The Balaban J connectivity index is 3.88. The van der Waals surface area contributed by atoms with E-state index in [-0.39, 0.29) is 18.1 Å². The molecule has 0 radical (unpaired) electrons. The lowest BCUT2D eigenvalue weighted by Crippen LogP contribution is -2.41. The Kier molecular flexibility index (Phi) is 4.94. The SMILES string of the molecule is CCNC(=O)C(N)CCS(C)(=O)=O. The number of carbonyl (C=O) groups excluding carboxylic acids is 1. The van der Waals surface area contributed by atoms with Crippen molar-refractivity contribution in [3.8, 4) is 0 Å². The second-order valence-corrected chi connectivity index (χ2v) is 5.18. The molecule has 0 bridgehead atoms. The fraction of sp³-hybridized carbons (Fsp3) is 0.857. The molecular formula is C7H16N2O3S. The average molecular weight is 208 g/mol. The van der Waals surface area contributed by atoms with Crippen molar-refractivity contribution in [1.29, 1.82) is 0 Å². The Morgan fingerprint density at radius 3 is 2.46 bits per heavy atom. The number of likely N-dealkylation sites (N-methyl/N-ethyl adjacent to an activating group) is 1. The molecular weight excluding hydrogens is 192 g/mol. The molecule has 0 saturated carbocycles. The van der Waals surface area contributed by atoms with Crippen molar-refractivity contribution in [2.24, 2.45) is 5.73 Å². The minimum atomic E-state index is -3.03. The van der Waals surface area contributed by atoms with Gasteiger partial charge in [0.15, 0.2) is 0 Å². The van der Waals surface area contributed by atoms with E-state index in [0.717, 1.165) is 6.26 Å². The van der Waals surface area contributed by atoms with E-state index < -0.39 is 15.9 Å². The van der Waals surface area contributed by atoms with Gasteiger partial charge in [0.25, 0.3) is 0 Å². The van der Waals surface area contributed by atoms with Gasteiger partial charge in [-0.2, -0.15) is 0 Å². The van der Waals surface area contributed by atoms with Gasteiger partial charge in [0, 0.05) is 12.8 Å². The highest BCUT2D eigenvalue weighted by molar-refractivity contribution is 7.90. The van der Waals surface area contributed by atoms with E-state index in [2.05, 4.69) is 5.32 Å². The quantitative estimate of drug-likeness (QED) is 0.599. The van der Waals surface area contributed by atoms with E-state index in [1.54, 1.807) is 6.92 Å². The summed E-state index contributed by atoms with van der Waals surface area (Å²) in [4.78, 5) is 11.0. The van der Waals surface area contributed by atoms with Gasteiger partial charge in [0.1, 0.15) is 9.84 Å². The van der Waals surface area contributed by atoms with Crippen LogP contribution in [0.3, 0.4) is 0 Å². The lowest BCUT2D eigenvalue weighted by molar-refractivity contribution is -0.122. The van der Waals surface area contributed by atoms with Gasteiger partial charge in [-0.15, -0.1) is 0 Å². The van der Waals surface area contributed by atoms with Crippen molar-refractivity contribution >= 4 is 15.7 Å². The van der Waals surface area contributed by atoms with Gasteiger partial charge in [-0.3, -0.25) is 4.79 Å². The maximum atomic E-state index is 11.0. The first-order valence-electron chi connectivity index (χ1n) is 4.08. The molecule has 0 spiro atoms. The Morgan fingerprint density at radius 2 is 2.08 bits per heavy atom. The van der Waals surface area contributed by atoms with Gasteiger partial charge in [0.05, 0.1) is 11.8 Å². The lowest BCUT2D eigenvalue weighted by atomic mass is 10.2. The van der Waals surface area contributed by atoms with Gasteiger partial charge in [-0.25, -0.2) is 8.42 Å². The first-order chi connectivity index (χ1) is 5.87. The van der Waals surface area contributed by atoms with Crippen LogP contribution in [0.2, 0.25) is 0 Å². The van der Waals surface area contributed by atoms with Gasteiger partial charge in [-0.1, -0.05) is 0 Å². The second-order valence-electron chi connectivity index (χ2n) is 2.92. The van der Waals surface area contributed by atoms with E-state index in [4.69, 9.17) is 5.73 Å². The van der Waals surface area contributed by atoms with Crippen LogP contribution < -0.4 is 11.1 Å². The zero-order valence-electron chi connectivity index (χ0n) is 7.91. The third-order valence-corrected chi connectivity index (χ3v) is 2.46. The molecule has 0 fully saturated rings. The molecule has 6 heteroatoms. The summed E-state index contributed by atoms with van der Waals surface area (Å²) in [7, 11) is -3.03. The van der Waals surface area contributed by atoms with Crippen LogP contribution in [0.15, 0.2) is 0 Å². The van der Waals surface area contributed by atoms with E-state index in [1.165, 1.54) is 0 Å². The molecule has 0 aromatic rings. The topological polar surface area (TPSA) is 89.3 Å². The van der Waals surface area contributed by atoms with Crippen LogP contribution in [0, 0.1) is 0 Å². The Labute approximate surface area is 78.6 Å². The number of hydrogen-bond acceptors (Lipinski definition) is 4. The molecule has 0 rings (SSSR count). The van der Waals surface area contributed by atoms with Crippen molar-refractivity contribution in [3.63, 3.8) is 0 Å². The van der Waals surface area contributed by atoms with Crippen LogP contribution in [-0.2, 0) is 14.6 Å². The molecule has 0 aliphatic heterocycles. The predicted molar refractivity (Wildman–Crippen MR) is 51.0 cm³/mol. The Hall–Kier alpha value is -0.620. The average Bonchev–Trinajstić information content (AvgIpc) is 1.99. The summed E-state index contributed by atoms with van der Waals surface area (Å²) in [6.07, 6.45) is 1.29. The molecule has 5 nitrogen and oxygen atoms in total. The van der Waals surface area contributed by atoms with Crippen LogP contribution in [0.25, 0.3) is 0 Å². The summed E-state index contributed by atoms with van der Waals surface area (Å²) in [6.45, 7) is 2.28. The molecule has 0 aromatic heterocycles. The van der Waals surface area contributed by atoms with E-state index in [1.807, 2.05) is 0 Å². The minimum Gasteiger partial charge on any atom is -0.355 e. The maximum Gasteiger partial charge on any atom is 0.236 e. The molecule has 0 aliphatic carbocycles. The maximum absolute atomic E-state index is 11.0. The Bertz CT molecular complexity index is 261. The molecule has 1 unspecified atom stereocenters. The normalized spacial score (nSPS) is 13.8. The van der Waals surface area contributed by atoms with Crippen molar-refractivity contribution < 1.29 is 13.2 Å². The van der Waals surface area contributed by atoms with Gasteiger partial charge in [0.2, 0.25) is 5.91 Å². The van der Waals surface area contributed by atoms with Gasteiger partial charge >= 0.3 is 0 Å². The van der Waals surface area contributed by atoms with Gasteiger partial charge < -0.3 is 11.1 Å². The molecule has 1 atom stereocenters. The van der Waals surface area contributed by atoms with E-state index in [0.29, 0.717) is 6.54 Å². The number of nitrogens with two attached hydrogens (primary N) is 1. The highest BCUT2D eigenvalue weighted by Crippen LogP contribution is 1.93. The lowest BCUT2D eigenvalue weighted by Gasteiger charge is -2.09. The zero-order chi connectivity index (χ0) is 10.5. The smallest absolute Gasteiger partial charge is 0.236 e. The number of nitrogens with one attached hydrogen (secondary N) is 1. The van der Waals surface area contributed by atoms with Crippen molar-refractivity contribution in [2.45, 2.75) is 19.4 Å². The summed E-state index contributed by atoms with van der Waals surface area (Å²) in [6, 6.07) is -0.727. The number of rotatable bonds is 5. The highest BCUT2D eigenvalue weighted by Gasteiger charge is 2.14. The summed E-state index contributed by atoms with van der Waals surface area (Å²) in [5.74, 6) is -0.350. The van der Waals surface area contributed by atoms with Crippen LogP contribution in [-0.4, -0.2) is 38.9 Å². The van der Waals surface area contributed by atoms with E-state index in [9.17, 15) is 13.2 Å². The number of carbonyl (C=O) groups is 1. The Morgan fingerprint density at radius 1 is 1.54 bits per heavy atom. The summed E-state index contributed by atoms with van der Waals surface area (Å²) < 4.78 is 21.5. The third kappa shape index (κ3) is 6.53. The number of amides is 1. The third-order valence-electron chi connectivity index (χ3n) is 1.49. The van der Waals surface area contributed by atoms with Crippen LogP contribution in [0.5, 0.6) is 0 Å². The molecule has 13 heavy (non-hydrogen) atoms. The zero-order valence-corrected chi connectivity index (χ0v) is 8.73. The highest BCUT2D eigenvalue weighted by atomic mass is 32.2. The van der Waals surface area contributed by atoms with Crippen LogP contribution >= 0.6 is 0 Å². The number of sulfone groups is 1. The van der Waals surface area contributed by atoms with Crippen LogP contribution in [0.4, 0.5) is 0 Å². The summed E-state index contributed by atoms with van der Waals surface area (Å²) in [5.41, 5.74) is 5.43. The van der Waals surface area contributed by atoms with Crippen molar-refractivity contribution in [3.05, 3.63) is 0 Å². The van der Waals surface area contributed by atoms with E-state index >= 15 is 0 Å². The molecule has 3 N–H and O–H groups in total. The molecule has 78 valence electrons. The molecule has 0 aromatic carbocycles. The fourth-order valence-corrected chi connectivity index (χ4v) is 1.46. The molecule has 1 amide bonds. The van der Waals surface area contributed by atoms with Crippen molar-refractivity contribution in [1.82, 2.24) is 5.32 Å². The van der Waals surface area contributed by atoms with Gasteiger partial charge in [-0.05, 0) is 13.3 Å². The molecule has 0 aliphatic rings. The fourth-order valence-electron chi connectivity index (χ4n) is 0.777. The minimum absolute atomic E-state index is 0.0503. The number of hydrogen-bond donors (Lipinski definition) is 2. The van der Waals surface area contributed by atoms with Crippen molar-refractivity contribution in [2.75, 3.05) is 18.6 Å². The largest absolute Gasteiger partial charge is 0.355 e. The standard InChI is InChI=1S/C7H16N2O3S/c1-3-9-7(10)6(8)4-5-13(2,11)12/h6H,3-5,8H2,1-2H3,(H,9,10). The first-order valence-corrected chi connectivity index (χ1v) is 6.14. The summed E-state index contributed by atoms with van der Waals surface area (Å²) >= 11 is 0. The van der Waals surface area contributed by atoms with Crippen LogP contribution in [0.1, 0.15) is 13.3 Å².